The highest BCUT2D eigenvalue weighted by Gasteiger charge is 2.45. The molecule has 1 saturated carbocycles. The Morgan fingerprint density at radius 2 is 1.98 bits per heavy atom. The van der Waals surface area contributed by atoms with Crippen molar-refractivity contribution in [2.45, 2.75) is 56.7 Å². The van der Waals surface area contributed by atoms with Crippen molar-refractivity contribution in [3.63, 3.8) is 0 Å². The van der Waals surface area contributed by atoms with Crippen molar-refractivity contribution >= 4 is 17.5 Å². The zero-order valence-electron chi connectivity index (χ0n) is 22.1. The molecule has 4 heterocycles. The summed E-state index contributed by atoms with van der Waals surface area (Å²) in [5.41, 5.74) is 1.66. The number of amides is 2. The Bertz CT molecular complexity index is 1500. The SMILES string of the molecule is Cn1c(C#N)ccc1C(=O)N[C@H](c1cn2nc(CC3C[C@@H](C(F)(F)F)CNC3=O)ccc2n1)C1CCC(F)(F)CC1. The third-order valence-corrected chi connectivity index (χ3v) is 8.08. The molecule has 2 amide bonds. The van der Waals surface area contributed by atoms with Crippen LogP contribution in [0.15, 0.2) is 30.5 Å². The van der Waals surface area contributed by atoms with Gasteiger partial charge in [-0.1, -0.05) is 0 Å². The molecule has 1 unspecified atom stereocenters. The van der Waals surface area contributed by atoms with Crippen LogP contribution in [0.5, 0.6) is 0 Å². The molecule has 2 aliphatic rings. The number of nitriles is 1. The van der Waals surface area contributed by atoms with Gasteiger partial charge in [0.05, 0.1) is 29.5 Å². The number of carbonyl (C=O) groups excluding carboxylic acids is 2. The standard InChI is InChI=1S/C27H28F5N7O2/c1-38-19(12-33)3-4-21(38)25(41)36-23(15-6-8-26(28,29)9-7-15)20-14-39-22(35-20)5-2-18(37-39)11-16-10-17(27(30,31)32)13-34-24(16)40/h2-5,14-17,23H,6-11,13H2,1H3,(H,34,40)(H,36,41)/t16?,17-,23+/m1/s1. The lowest BCUT2D eigenvalue weighted by molar-refractivity contribution is -0.183. The maximum absolute atomic E-state index is 13.9. The molecule has 0 radical (unpaired) electrons. The second-order valence-electron chi connectivity index (χ2n) is 10.8. The summed E-state index contributed by atoms with van der Waals surface area (Å²) in [6.07, 6.45) is -3.56. The van der Waals surface area contributed by atoms with Gasteiger partial charge in [-0.25, -0.2) is 18.3 Å². The van der Waals surface area contributed by atoms with E-state index in [1.807, 2.05) is 6.07 Å². The molecule has 3 aromatic heterocycles. The molecule has 3 aromatic rings. The summed E-state index contributed by atoms with van der Waals surface area (Å²) >= 11 is 0. The molecule has 0 bridgehead atoms. The molecule has 1 aliphatic heterocycles. The number of hydrogen-bond acceptors (Lipinski definition) is 5. The molecular formula is C27H28F5N7O2. The van der Waals surface area contributed by atoms with E-state index < -0.39 is 48.3 Å². The van der Waals surface area contributed by atoms with Gasteiger partial charge in [-0.15, -0.1) is 0 Å². The van der Waals surface area contributed by atoms with Gasteiger partial charge in [0.25, 0.3) is 5.91 Å². The number of rotatable bonds is 6. The van der Waals surface area contributed by atoms with E-state index in [1.165, 1.54) is 21.2 Å². The number of nitrogens with one attached hydrogen (secondary N) is 2. The van der Waals surface area contributed by atoms with E-state index in [2.05, 4.69) is 20.7 Å². The van der Waals surface area contributed by atoms with Crippen molar-refractivity contribution in [3.05, 3.63) is 53.2 Å². The van der Waals surface area contributed by atoms with E-state index >= 15 is 0 Å². The molecule has 9 nitrogen and oxygen atoms in total. The second kappa shape index (κ2) is 10.8. The average molecular weight is 578 g/mol. The van der Waals surface area contributed by atoms with Crippen LogP contribution in [-0.4, -0.2) is 49.6 Å². The molecule has 1 aliphatic carbocycles. The average Bonchev–Trinajstić information content (AvgIpc) is 3.50. The molecular weight excluding hydrogens is 549 g/mol. The normalized spacial score (nSPS) is 22.2. The van der Waals surface area contributed by atoms with E-state index in [4.69, 9.17) is 0 Å². The highest BCUT2D eigenvalue weighted by atomic mass is 19.4. The third-order valence-electron chi connectivity index (χ3n) is 8.08. The van der Waals surface area contributed by atoms with Crippen LogP contribution in [0.1, 0.15) is 65.7 Å². The number of alkyl halides is 5. The van der Waals surface area contributed by atoms with Gasteiger partial charge in [-0.05, 0) is 49.4 Å². The molecule has 0 spiro atoms. The largest absolute Gasteiger partial charge is 0.393 e. The number of piperidine rings is 1. The summed E-state index contributed by atoms with van der Waals surface area (Å²) in [5.74, 6) is -6.61. The van der Waals surface area contributed by atoms with Crippen LogP contribution < -0.4 is 10.6 Å². The lowest BCUT2D eigenvalue weighted by Crippen LogP contribution is -2.47. The first-order chi connectivity index (χ1) is 19.3. The summed E-state index contributed by atoms with van der Waals surface area (Å²) in [4.78, 5) is 30.1. The highest BCUT2D eigenvalue weighted by Crippen LogP contribution is 2.41. The number of halogens is 5. The Hall–Kier alpha value is -4.02. The van der Waals surface area contributed by atoms with Crippen LogP contribution in [0.3, 0.4) is 0 Å². The van der Waals surface area contributed by atoms with Crippen LogP contribution in [0.2, 0.25) is 0 Å². The number of aromatic nitrogens is 4. The van der Waals surface area contributed by atoms with E-state index in [0.29, 0.717) is 17.0 Å². The van der Waals surface area contributed by atoms with E-state index in [-0.39, 0.29) is 55.8 Å². The predicted octanol–water partition coefficient (Wildman–Crippen LogP) is 4.09. The Kier molecular flexibility index (Phi) is 7.48. The quantitative estimate of drug-likeness (QED) is 0.428. The molecule has 5 rings (SSSR count). The lowest BCUT2D eigenvalue weighted by Gasteiger charge is -2.33. The van der Waals surface area contributed by atoms with Crippen LogP contribution >= 0.6 is 0 Å². The van der Waals surface area contributed by atoms with Crippen molar-refractivity contribution in [1.82, 2.24) is 29.8 Å². The van der Waals surface area contributed by atoms with Crippen LogP contribution in [0.25, 0.3) is 5.65 Å². The monoisotopic (exact) mass is 577 g/mol. The van der Waals surface area contributed by atoms with E-state index in [0.717, 1.165) is 0 Å². The van der Waals surface area contributed by atoms with Gasteiger partial charge in [0.2, 0.25) is 11.8 Å². The fourth-order valence-corrected chi connectivity index (χ4v) is 5.67. The molecule has 2 N–H and O–H groups in total. The number of hydrogen-bond donors (Lipinski definition) is 2. The van der Waals surface area contributed by atoms with Gasteiger partial charge in [0.1, 0.15) is 17.5 Å². The van der Waals surface area contributed by atoms with Crippen LogP contribution in [0.4, 0.5) is 22.0 Å². The smallest absolute Gasteiger partial charge is 0.355 e. The summed E-state index contributed by atoms with van der Waals surface area (Å²) in [5, 5.41) is 18.9. The molecule has 41 heavy (non-hydrogen) atoms. The fraction of sp³-hybridized carbons (Fsp3) is 0.519. The fourth-order valence-electron chi connectivity index (χ4n) is 5.67. The molecule has 1 saturated heterocycles. The maximum Gasteiger partial charge on any atom is 0.393 e. The zero-order chi connectivity index (χ0) is 29.5. The number of imidazole rings is 1. The minimum Gasteiger partial charge on any atom is -0.355 e. The predicted molar refractivity (Wildman–Crippen MR) is 135 cm³/mol. The third kappa shape index (κ3) is 6.03. The zero-order valence-corrected chi connectivity index (χ0v) is 22.1. The molecule has 218 valence electrons. The van der Waals surface area contributed by atoms with Gasteiger partial charge in [0, 0.05) is 38.8 Å². The Labute approximate surface area is 231 Å². The first kappa shape index (κ1) is 28.5. The maximum atomic E-state index is 13.9. The molecule has 0 aromatic carbocycles. The van der Waals surface area contributed by atoms with Gasteiger partial charge >= 0.3 is 6.18 Å². The van der Waals surface area contributed by atoms with E-state index in [1.54, 1.807) is 25.4 Å². The van der Waals surface area contributed by atoms with Crippen molar-refractivity contribution in [2.24, 2.45) is 24.8 Å². The second-order valence-corrected chi connectivity index (χ2v) is 10.8. The van der Waals surface area contributed by atoms with Gasteiger partial charge in [-0.3, -0.25) is 9.59 Å². The molecule has 2 fully saturated rings. The summed E-state index contributed by atoms with van der Waals surface area (Å²) in [7, 11) is 1.57. The lowest BCUT2D eigenvalue weighted by atomic mass is 9.81. The topological polar surface area (TPSA) is 117 Å². The van der Waals surface area contributed by atoms with Crippen molar-refractivity contribution in [1.29, 1.82) is 5.26 Å². The number of nitrogens with zero attached hydrogens (tertiary/aromatic N) is 5. The van der Waals surface area contributed by atoms with Crippen LogP contribution in [0, 0.1) is 29.1 Å². The first-order valence-corrected chi connectivity index (χ1v) is 13.3. The summed E-state index contributed by atoms with van der Waals surface area (Å²) in [6.45, 7) is -0.447. The van der Waals surface area contributed by atoms with Crippen molar-refractivity contribution < 1.29 is 31.5 Å². The van der Waals surface area contributed by atoms with Crippen molar-refractivity contribution in [2.75, 3.05) is 6.54 Å². The van der Waals surface area contributed by atoms with Gasteiger partial charge < -0.3 is 15.2 Å². The number of carbonyl (C=O) groups is 2. The summed E-state index contributed by atoms with van der Waals surface area (Å²) in [6, 6.07) is 7.45. The summed E-state index contributed by atoms with van der Waals surface area (Å²) < 4.78 is 70.5. The Balaban J connectivity index is 1.40. The molecule has 14 heteroatoms. The highest BCUT2D eigenvalue weighted by molar-refractivity contribution is 5.93. The Morgan fingerprint density at radius 1 is 1.24 bits per heavy atom. The number of fused-ring (bicyclic) bond motifs is 1. The Morgan fingerprint density at radius 3 is 2.63 bits per heavy atom. The van der Waals surface area contributed by atoms with E-state index in [9.17, 15) is 36.8 Å². The van der Waals surface area contributed by atoms with Crippen molar-refractivity contribution in [3.8, 4) is 6.07 Å². The van der Waals surface area contributed by atoms with Crippen LogP contribution in [-0.2, 0) is 18.3 Å². The first-order valence-electron chi connectivity index (χ1n) is 13.3. The van der Waals surface area contributed by atoms with Gasteiger partial charge in [0.15, 0.2) is 5.65 Å². The minimum absolute atomic E-state index is 0.00550. The minimum atomic E-state index is -4.42. The van der Waals surface area contributed by atoms with Gasteiger partial charge in [-0.2, -0.15) is 23.5 Å². The molecule has 3 atom stereocenters.